The Balaban J connectivity index is 1.52. The average Bonchev–Trinajstić information content (AvgIpc) is 2.85. The van der Waals surface area contributed by atoms with Crippen molar-refractivity contribution in [2.75, 3.05) is 25.0 Å². The highest BCUT2D eigenvalue weighted by Crippen LogP contribution is 2.35. The number of likely N-dealkylation sites (tertiary alicyclic amines) is 1. The minimum absolute atomic E-state index is 0.0320. The lowest BCUT2D eigenvalue weighted by atomic mass is 9.78. The van der Waals surface area contributed by atoms with E-state index < -0.39 is 0 Å². The summed E-state index contributed by atoms with van der Waals surface area (Å²) in [6.45, 7) is 2.41. The molecule has 3 atom stereocenters. The summed E-state index contributed by atoms with van der Waals surface area (Å²) in [6, 6.07) is 7.51. The molecular weight excluding hydrogens is 286 g/mol. The molecule has 1 aromatic rings. The molecule has 0 spiro atoms. The molecule has 4 nitrogen and oxygen atoms in total. The standard InChI is InChI=1S/C16H22ClN3O/c17-12-4-6-13(7-5-12)19-16(21)10-20-8-11-2-1-3-15(18)14(11)9-20/h4-7,11,14-15H,1-3,8-10,18H2,(H,19,21). The first-order valence-electron chi connectivity index (χ1n) is 7.65. The predicted molar refractivity (Wildman–Crippen MR) is 85.3 cm³/mol. The lowest BCUT2D eigenvalue weighted by molar-refractivity contribution is -0.117. The molecule has 1 saturated heterocycles. The molecule has 1 heterocycles. The topological polar surface area (TPSA) is 58.4 Å². The molecule has 2 aliphatic rings. The number of hydrogen-bond acceptors (Lipinski definition) is 3. The van der Waals surface area contributed by atoms with Crippen molar-refractivity contribution in [1.82, 2.24) is 4.90 Å². The maximum absolute atomic E-state index is 12.1. The molecule has 5 heteroatoms. The molecule has 1 saturated carbocycles. The highest BCUT2D eigenvalue weighted by Gasteiger charge is 2.38. The van der Waals surface area contributed by atoms with Gasteiger partial charge < -0.3 is 11.1 Å². The van der Waals surface area contributed by atoms with Crippen LogP contribution in [0.25, 0.3) is 0 Å². The number of nitrogens with one attached hydrogen (secondary N) is 1. The SMILES string of the molecule is NC1CCCC2CN(CC(=O)Nc3ccc(Cl)cc3)CC12. The van der Waals surface area contributed by atoms with Gasteiger partial charge in [0.15, 0.2) is 0 Å². The molecule has 0 bridgehead atoms. The number of rotatable bonds is 3. The van der Waals surface area contributed by atoms with Crippen molar-refractivity contribution in [2.45, 2.75) is 25.3 Å². The average molecular weight is 308 g/mol. The summed E-state index contributed by atoms with van der Waals surface area (Å²) in [6.07, 6.45) is 3.62. The van der Waals surface area contributed by atoms with Crippen LogP contribution in [0.3, 0.4) is 0 Å². The first-order valence-corrected chi connectivity index (χ1v) is 8.03. The van der Waals surface area contributed by atoms with Crippen LogP contribution in [-0.2, 0) is 4.79 Å². The second kappa shape index (κ2) is 6.34. The number of benzene rings is 1. The second-order valence-electron chi connectivity index (χ2n) is 6.27. The third-order valence-electron chi connectivity index (χ3n) is 4.72. The van der Waals surface area contributed by atoms with Crippen LogP contribution in [-0.4, -0.2) is 36.5 Å². The molecule has 1 aliphatic carbocycles. The van der Waals surface area contributed by atoms with Gasteiger partial charge in [0.1, 0.15) is 0 Å². The Bertz CT molecular complexity index is 505. The van der Waals surface area contributed by atoms with Crippen LogP contribution >= 0.6 is 11.6 Å². The van der Waals surface area contributed by atoms with Gasteiger partial charge in [0.05, 0.1) is 6.54 Å². The van der Waals surface area contributed by atoms with E-state index in [1.807, 2.05) is 12.1 Å². The zero-order chi connectivity index (χ0) is 14.8. The quantitative estimate of drug-likeness (QED) is 0.901. The van der Waals surface area contributed by atoms with Crippen LogP contribution in [0, 0.1) is 11.8 Å². The van der Waals surface area contributed by atoms with E-state index in [1.54, 1.807) is 12.1 Å². The van der Waals surface area contributed by atoms with Crippen molar-refractivity contribution in [2.24, 2.45) is 17.6 Å². The normalized spacial score (nSPS) is 29.1. The summed E-state index contributed by atoms with van der Waals surface area (Å²) in [7, 11) is 0. The fourth-order valence-electron chi connectivity index (χ4n) is 3.67. The number of carbonyl (C=O) groups is 1. The maximum Gasteiger partial charge on any atom is 0.238 e. The molecular formula is C16H22ClN3O. The van der Waals surface area contributed by atoms with Crippen LogP contribution in [0.4, 0.5) is 5.69 Å². The third kappa shape index (κ3) is 3.57. The van der Waals surface area contributed by atoms with Crippen LogP contribution < -0.4 is 11.1 Å². The maximum atomic E-state index is 12.1. The second-order valence-corrected chi connectivity index (χ2v) is 6.70. The summed E-state index contributed by atoms with van der Waals surface area (Å²) in [5.41, 5.74) is 7.00. The number of hydrogen-bond donors (Lipinski definition) is 2. The molecule has 3 rings (SSSR count). The van der Waals surface area contributed by atoms with Crippen molar-refractivity contribution in [3.05, 3.63) is 29.3 Å². The van der Waals surface area contributed by atoms with Gasteiger partial charge in [-0.15, -0.1) is 0 Å². The van der Waals surface area contributed by atoms with E-state index in [2.05, 4.69) is 10.2 Å². The van der Waals surface area contributed by atoms with Crippen LogP contribution in [0.5, 0.6) is 0 Å². The van der Waals surface area contributed by atoms with Crippen LogP contribution in [0.15, 0.2) is 24.3 Å². The van der Waals surface area contributed by atoms with E-state index >= 15 is 0 Å². The fraction of sp³-hybridized carbons (Fsp3) is 0.562. The number of carbonyl (C=O) groups excluding carboxylic acids is 1. The molecule has 0 aromatic heterocycles. The number of amides is 1. The molecule has 0 radical (unpaired) electrons. The first kappa shape index (κ1) is 14.8. The Morgan fingerprint density at radius 1 is 1.29 bits per heavy atom. The van der Waals surface area contributed by atoms with Crippen molar-refractivity contribution in [1.29, 1.82) is 0 Å². The number of nitrogens with zero attached hydrogens (tertiary/aromatic N) is 1. The van der Waals surface area contributed by atoms with Crippen LogP contribution in [0.2, 0.25) is 5.02 Å². The number of halogens is 1. The van der Waals surface area contributed by atoms with Gasteiger partial charge in [-0.05, 0) is 48.9 Å². The third-order valence-corrected chi connectivity index (χ3v) is 4.98. The molecule has 1 amide bonds. The van der Waals surface area contributed by atoms with Crippen molar-refractivity contribution < 1.29 is 4.79 Å². The van der Waals surface area contributed by atoms with Crippen molar-refractivity contribution in [3.63, 3.8) is 0 Å². The van der Waals surface area contributed by atoms with E-state index in [1.165, 1.54) is 12.8 Å². The zero-order valence-corrected chi connectivity index (χ0v) is 12.9. The van der Waals surface area contributed by atoms with E-state index in [0.717, 1.165) is 25.2 Å². The number of nitrogens with two attached hydrogens (primary N) is 1. The zero-order valence-electron chi connectivity index (χ0n) is 12.1. The van der Waals surface area contributed by atoms with Gasteiger partial charge in [-0.3, -0.25) is 9.69 Å². The minimum atomic E-state index is 0.0320. The fourth-order valence-corrected chi connectivity index (χ4v) is 3.80. The van der Waals surface area contributed by atoms with Gasteiger partial charge in [0.25, 0.3) is 0 Å². The summed E-state index contributed by atoms with van der Waals surface area (Å²) in [5, 5.41) is 3.59. The van der Waals surface area contributed by atoms with Gasteiger partial charge in [0.2, 0.25) is 5.91 Å². The molecule has 1 aliphatic heterocycles. The highest BCUT2D eigenvalue weighted by molar-refractivity contribution is 6.30. The van der Waals surface area contributed by atoms with E-state index in [0.29, 0.717) is 29.4 Å². The van der Waals surface area contributed by atoms with Gasteiger partial charge >= 0.3 is 0 Å². The van der Waals surface area contributed by atoms with Gasteiger partial charge in [-0.1, -0.05) is 18.0 Å². The highest BCUT2D eigenvalue weighted by atomic mass is 35.5. The first-order chi connectivity index (χ1) is 10.1. The van der Waals surface area contributed by atoms with Crippen LogP contribution in [0.1, 0.15) is 19.3 Å². The van der Waals surface area contributed by atoms with E-state index in [4.69, 9.17) is 17.3 Å². The lowest BCUT2D eigenvalue weighted by Gasteiger charge is -2.29. The minimum Gasteiger partial charge on any atom is -0.327 e. The Morgan fingerprint density at radius 3 is 2.76 bits per heavy atom. The van der Waals surface area contributed by atoms with E-state index in [-0.39, 0.29) is 5.91 Å². The van der Waals surface area contributed by atoms with Gasteiger partial charge in [0, 0.05) is 29.8 Å². The molecule has 1 aromatic carbocycles. The molecule has 3 N–H and O–H groups in total. The number of anilines is 1. The lowest BCUT2D eigenvalue weighted by Crippen LogP contribution is -2.38. The largest absolute Gasteiger partial charge is 0.327 e. The van der Waals surface area contributed by atoms with E-state index in [9.17, 15) is 4.79 Å². The molecule has 2 fully saturated rings. The summed E-state index contributed by atoms with van der Waals surface area (Å²) >= 11 is 5.84. The Morgan fingerprint density at radius 2 is 2.05 bits per heavy atom. The summed E-state index contributed by atoms with van der Waals surface area (Å²) < 4.78 is 0. The van der Waals surface area contributed by atoms with Gasteiger partial charge in [-0.2, -0.15) is 0 Å². The Hall–Kier alpha value is -1.10. The molecule has 21 heavy (non-hydrogen) atoms. The molecule has 3 unspecified atom stereocenters. The number of fused-ring (bicyclic) bond motifs is 1. The Kier molecular flexibility index (Phi) is 4.48. The van der Waals surface area contributed by atoms with Crippen molar-refractivity contribution in [3.8, 4) is 0 Å². The van der Waals surface area contributed by atoms with Crippen molar-refractivity contribution >= 4 is 23.2 Å². The summed E-state index contributed by atoms with van der Waals surface area (Å²) in [4.78, 5) is 14.4. The predicted octanol–water partition coefficient (Wildman–Crippen LogP) is 2.34. The van der Waals surface area contributed by atoms with Gasteiger partial charge in [-0.25, -0.2) is 0 Å². The Labute approximate surface area is 130 Å². The monoisotopic (exact) mass is 307 g/mol. The smallest absolute Gasteiger partial charge is 0.238 e. The molecule has 114 valence electrons. The summed E-state index contributed by atoms with van der Waals surface area (Å²) in [5.74, 6) is 1.28.